The molecule has 1 saturated heterocycles. The van der Waals surface area contributed by atoms with Crippen LogP contribution in [-0.4, -0.2) is 52.0 Å². The van der Waals surface area contributed by atoms with E-state index in [2.05, 4.69) is 50.5 Å². The molecule has 0 saturated carbocycles. The topological polar surface area (TPSA) is 38.8 Å². The maximum absolute atomic E-state index is 11.2. The zero-order chi connectivity index (χ0) is 15.6. The fraction of sp³-hybridized carbons (Fsp3) is 0.800. The predicted octanol–water partition coefficient (Wildman–Crippen LogP) is 2.81. The lowest BCUT2D eigenvalue weighted by Gasteiger charge is -2.38. The van der Waals surface area contributed by atoms with Crippen LogP contribution in [0.15, 0.2) is 12.2 Å². The second-order valence-electron chi connectivity index (χ2n) is 7.13. The third-order valence-corrected chi connectivity index (χ3v) is 9.02. The zero-order valence-electron chi connectivity index (χ0n) is 13.9. The van der Waals surface area contributed by atoms with Crippen LogP contribution in [0.5, 0.6) is 0 Å². The Hall–Kier alpha value is -0.653. The molecule has 1 fully saturated rings. The van der Waals surface area contributed by atoms with Crippen molar-refractivity contribution < 1.29 is 14.0 Å². The Labute approximate surface area is 124 Å². The molecule has 0 aliphatic carbocycles. The summed E-state index contributed by atoms with van der Waals surface area (Å²) in [6, 6.07) is 0.254. The molecule has 0 aromatic carbocycles. The SMILES string of the molecule is COC(=O)/C=C\C1CC(O[Si](C)(C)C(C)(C)C)CN1C. The van der Waals surface area contributed by atoms with E-state index in [1.165, 1.54) is 13.2 Å². The minimum atomic E-state index is -1.72. The molecule has 0 aromatic heterocycles. The maximum Gasteiger partial charge on any atom is 0.330 e. The smallest absolute Gasteiger partial charge is 0.330 e. The van der Waals surface area contributed by atoms with E-state index in [4.69, 9.17) is 4.43 Å². The highest BCUT2D eigenvalue weighted by Gasteiger charge is 2.41. The lowest BCUT2D eigenvalue weighted by molar-refractivity contribution is -0.134. The Balaban J connectivity index is 2.62. The van der Waals surface area contributed by atoms with Crippen molar-refractivity contribution >= 4 is 14.3 Å². The molecular weight excluding hydrogens is 270 g/mol. The van der Waals surface area contributed by atoms with E-state index in [9.17, 15) is 4.79 Å². The van der Waals surface area contributed by atoms with Gasteiger partial charge in [0.2, 0.25) is 0 Å². The van der Waals surface area contributed by atoms with Crippen LogP contribution in [0.25, 0.3) is 0 Å². The number of likely N-dealkylation sites (N-methyl/N-ethyl adjacent to an activating group) is 1. The van der Waals surface area contributed by atoms with Gasteiger partial charge in [-0.25, -0.2) is 4.79 Å². The first-order valence-electron chi connectivity index (χ1n) is 7.21. The standard InChI is InChI=1S/C15H29NO3Si/c1-15(2,3)20(6,7)19-13-10-12(16(4)11-13)8-9-14(17)18-5/h8-9,12-13H,10-11H2,1-7H3/b9-8-. The number of likely N-dealkylation sites (tertiary alicyclic amines) is 1. The van der Waals surface area contributed by atoms with Gasteiger partial charge in [0.1, 0.15) is 0 Å². The van der Waals surface area contributed by atoms with E-state index in [1.807, 2.05) is 6.08 Å². The van der Waals surface area contributed by atoms with Gasteiger partial charge in [0, 0.05) is 18.7 Å². The highest BCUT2D eigenvalue weighted by atomic mass is 28.4. The van der Waals surface area contributed by atoms with Crippen molar-refractivity contribution in [3.63, 3.8) is 0 Å². The maximum atomic E-state index is 11.2. The second kappa shape index (κ2) is 6.41. The van der Waals surface area contributed by atoms with Gasteiger partial charge in [-0.1, -0.05) is 26.8 Å². The van der Waals surface area contributed by atoms with E-state index in [0.717, 1.165) is 13.0 Å². The fourth-order valence-electron chi connectivity index (χ4n) is 2.14. The Morgan fingerprint density at radius 1 is 1.35 bits per heavy atom. The second-order valence-corrected chi connectivity index (χ2v) is 11.9. The Kier molecular flexibility index (Phi) is 5.58. The van der Waals surface area contributed by atoms with Crippen molar-refractivity contribution in [2.45, 2.75) is 57.5 Å². The van der Waals surface area contributed by atoms with Crippen LogP contribution in [0.3, 0.4) is 0 Å². The van der Waals surface area contributed by atoms with Gasteiger partial charge in [0.05, 0.1) is 13.2 Å². The first-order chi connectivity index (χ1) is 9.06. The molecule has 0 aromatic rings. The summed E-state index contributed by atoms with van der Waals surface area (Å²) in [6.45, 7) is 12.3. The van der Waals surface area contributed by atoms with Gasteiger partial charge in [0.25, 0.3) is 0 Å². The van der Waals surface area contributed by atoms with E-state index in [0.29, 0.717) is 0 Å². The number of ether oxygens (including phenoxy) is 1. The molecule has 0 radical (unpaired) electrons. The summed E-state index contributed by atoms with van der Waals surface area (Å²) in [5.41, 5.74) is 0. The van der Waals surface area contributed by atoms with Gasteiger partial charge in [-0.05, 0) is 31.6 Å². The molecule has 0 amide bonds. The molecule has 0 bridgehead atoms. The normalized spacial score (nSPS) is 25.4. The highest BCUT2D eigenvalue weighted by Crippen LogP contribution is 2.38. The molecule has 2 atom stereocenters. The summed E-state index contributed by atoms with van der Waals surface area (Å²) in [4.78, 5) is 13.4. The summed E-state index contributed by atoms with van der Waals surface area (Å²) in [7, 11) is 1.74. The molecule has 5 heteroatoms. The molecule has 0 N–H and O–H groups in total. The van der Waals surface area contributed by atoms with Gasteiger partial charge in [-0.15, -0.1) is 0 Å². The molecule has 2 unspecified atom stereocenters. The lowest BCUT2D eigenvalue weighted by atomic mass is 10.2. The number of methoxy groups -OCH3 is 1. The van der Waals surface area contributed by atoms with Crippen LogP contribution in [0.1, 0.15) is 27.2 Å². The number of hydrogen-bond donors (Lipinski definition) is 0. The van der Waals surface area contributed by atoms with Crippen molar-refractivity contribution in [2.24, 2.45) is 0 Å². The van der Waals surface area contributed by atoms with Crippen LogP contribution in [0.4, 0.5) is 0 Å². The third kappa shape index (κ3) is 4.43. The first kappa shape index (κ1) is 17.4. The summed E-state index contributed by atoms with van der Waals surface area (Å²) in [5, 5.41) is 0.228. The van der Waals surface area contributed by atoms with Crippen LogP contribution in [-0.2, 0) is 14.0 Å². The number of esters is 1. The quantitative estimate of drug-likeness (QED) is 0.454. The van der Waals surface area contributed by atoms with Crippen molar-refractivity contribution in [3.05, 3.63) is 12.2 Å². The van der Waals surface area contributed by atoms with Crippen molar-refractivity contribution in [1.82, 2.24) is 4.90 Å². The van der Waals surface area contributed by atoms with Gasteiger partial charge in [-0.3, -0.25) is 4.90 Å². The number of rotatable bonds is 4. The average Bonchev–Trinajstić information content (AvgIpc) is 2.64. The summed E-state index contributed by atoms with van der Waals surface area (Å²) >= 11 is 0. The number of hydrogen-bond acceptors (Lipinski definition) is 4. The minimum absolute atomic E-state index is 0.228. The Morgan fingerprint density at radius 3 is 2.45 bits per heavy atom. The van der Waals surface area contributed by atoms with Crippen molar-refractivity contribution in [1.29, 1.82) is 0 Å². The van der Waals surface area contributed by atoms with Gasteiger partial charge < -0.3 is 9.16 Å². The zero-order valence-corrected chi connectivity index (χ0v) is 14.9. The molecule has 116 valence electrons. The largest absolute Gasteiger partial charge is 0.466 e. The molecule has 1 aliphatic rings. The number of nitrogens with zero attached hydrogens (tertiary/aromatic N) is 1. The monoisotopic (exact) mass is 299 g/mol. The summed E-state index contributed by atoms with van der Waals surface area (Å²) in [6.07, 6.45) is 4.63. The van der Waals surface area contributed by atoms with Crippen LogP contribution in [0, 0.1) is 0 Å². The van der Waals surface area contributed by atoms with E-state index >= 15 is 0 Å². The Morgan fingerprint density at radius 2 is 1.95 bits per heavy atom. The average molecular weight is 299 g/mol. The minimum Gasteiger partial charge on any atom is -0.466 e. The molecule has 1 rings (SSSR count). The molecule has 20 heavy (non-hydrogen) atoms. The van der Waals surface area contributed by atoms with Gasteiger partial charge >= 0.3 is 5.97 Å². The van der Waals surface area contributed by atoms with Crippen LogP contribution < -0.4 is 0 Å². The van der Waals surface area contributed by atoms with E-state index in [1.54, 1.807) is 0 Å². The van der Waals surface area contributed by atoms with E-state index in [-0.39, 0.29) is 23.2 Å². The number of carbonyl (C=O) groups excluding carboxylic acids is 1. The first-order valence-corrected chi connectivity index (χ1v) is 10.1. The fourth-order valence-corrected chi connectivity index (χ4v) is 3.50. The highest BCUT2D eigenvalue weighted by molar-refractivity contribution is 6.74. The summed E-state index contributed by atoms with van der Waals surface area (Å²) in [5.74, 6) is -0.299. The van der Waals surface area contributed by atoms with Crippen molar-refractivity contribution in [3.8, 4) is 0 Å². The van der Waals surface area contributed by atoms with Gasteiger partial charge in [0.15, 0.2) is 8.32 Å². The summed E-state index contributed by atoms with van der Waals surface area (Å²) < 4.78 is 11.1. The lowest BCUT2D eigenvalue weighted by Crippen LogP contribution is -2.44. The molecule has 1 aliphatic heterocycles. The van der Waals surface area contributed by atoms with Gasteiger partial charge in [-0.2, -0.15) is 0 Å². The Bertz CT molecular complexity index is 374. The predicted molar refractivity (Wildman–Crippen MR) is 84.3 cm³/mol. The number of carbonyl (C=O) groups is 1. The molecule has 4 nitrogen and oxygen atoms in total. The van der Waals surface area contributed by atoms with E-state index < -0.39 is 8.32 Å². The molecule has 1 heterocycles. The molecule has 0 spiro atoms. The third-order valence-electron chi connectivity index (χ3n) is 4.49. The van der Waals surface area contributed by atoms with Crippen LogP contribution in [0.2, 0.25) is 18.1 Å². The van der Waals surface area contributed by atoms with Crippen molar-refractivity contribution in [2.75, 3.05) is 20.7 Å². The van der Waals surface area contributed by atoms with Crippen LogP contribution >= 0.6 is 0 Å². The molecular formula is C15H29NO3Si.